The summed E-state index contributed by atoms with van der Waals surface area (Å²) in [4.78, 5) is 32.6. The van der Waals surface area contributed by atoms with E-state index in [0.717, 1.165) is 42.6 Å². The predicted molar refractivity (Wildman–Crippen MR) is 170 cm³/mol. The number of likely N-dealkylation sites (tertiary alicyclic amines) is 1. The van der Waals surface area contributed by atoms with Gasteiger partial charge in [0.05, 0.1) is 11.9 Å². The minimum Gasteiger partial charge on any atom is -0.461 e. The summed E-state index contributed by atoms with van der Waals surface area (Å²) in [5.41, 5.74) is 5.94. The van der Waals surface area contributed by atoms with E-state index in [-0.39, 0.29) is 25.2 Å². The van der Waals surface area contributed by atoms with Gasteiger partial charge in [-0.15, -0.1) is 5.10 Å². The zero-order chi connectivity index (χ0) is 30.8. The van der Waals surface area contributed by atoms with Gasteiger partial charge < -0.3 is 24.1 Å². The molecule has 2 atom stereocenters. The average Bonchev–Trinajstić information content (AvgIpc) is 3.81. The topological polar surface area (TPSA) is 92.7 Å². The van der Waals surface area contributed by atoms with E-state index in [2.05, 4.69) is 52.0 Å². The maximum atomic E-state index is 13.2. The average molecular weight is 605 g/mol. The van der Waals surface area contributed by atoms with Crippen LogP contribution >= 0.6 is 0 Å². The van der Waals surface area contributed by atoms with Gasteiger partial charge in [0.15, 0.2) is 11.5 Å². The quantitative estimate of drug-likeness (QED) is 0.275. The lowest BCUT2D eigenvalue weighted by Crippen LogP contribution is -2.56. The van der Waals surface area contributed by atoms with Crippen LogP contribution in [0.2, 0.25) is 0 Å². The smallest absolute Gasteiger partial charge is 0.410 e. The maximum absolute atomic E-state index is 13.2. The predicted octanol–water partition coefficient (Wildman–Crippen LogP) is 4.33. The first-order valence-electron chi connectivity index (χ1n) is 15.5. The number of likely N-dealkylation sites (N-methyl/N-ethyl adjacent to an activating group) is 1. The van der Waals surface area contributed by atoms with E-state index in [1.54, 1.807) is 4.90 Å². The molecule has 0 bridgehead atoms. The highest BCUT2D eigenvalue weighted by Gasteiger charge is 2.36. The van der Waals surface area contributed by atoms with Crippen LogP contribution in [0.25, 0.3) is 16.1 Å². The third kappa shape index (κ3) is 5.81. The number of hydrogen-bond acceptors (Lipinski definition) is 8. The second-order valence-electron chi connectivity index (χ2n) is 11.8. The minimum atomic E-state index is -0.417. The molecule has 4 heterocycles. The lowest BCUT2D eigenvalue weighted by molar-refractivity contribution is 0.0788. The number of amides is 1. The van der Waals surface area contributed by atoms with Crippen LogP contribution in [0.3, 0.4) is 0 Å². The Balaban J connectivity index is 1.18. The first-order chi connectivity index (χ1) is 22.1. The van der Waals surface area contributed by atoms with Gasteiger partial charge >= 0.3 is 12.1 Å². The molecule has 7 rings (SSSR count). The summed E-state index contributed by atoms with van der Waals surface area (Å²) in [6.45, 7) is 10.8. The molecule has 2 saturated heterocycles. The maximum Gasteiger partial charge on any atom is 0.410 e. The van der Waals surface area contributed by atoms with Gasteiger partial charge in [0.1, 0.15) is 19.3 Å². The highest BCUT2D eigenvalue weighted by molar-refractivity contribution is 5.84. The van der Waals surface area contributed by atoms with Crippen LogP contribution in [0.4, 0.5) is 10.6 Å². The van der Waals surface area contributed by atoms with E-state index in [1.807, 2.05) is 41.0 Å². The summed E-state index contributed by atoms with van der Waals surface area (Å²) >= 11 is 0. The SMILES string of the molecule is [C-]#[N+]C[C@H]1CN(c2nc(OC[C@@H]3CCCN3C)nn3c(C4=CCc5ccccc54)cnc23)CCN1C(=O)OCc1ccccc1. The van der Waals surface area contributed by atoms with Crippen molar-refractivity contribution in [2.45, 2.75) is 38.0 Å². The zero-order valence-corrected chi connectivity index (χ0v) is 25.4. The Bertz CT molecular complexity index is 1760. The minimum absolute atomic E-state index is 0.152. The van der Waals surface area contributed by atoms with Crippen LogP contribution in [-0.4, -0.2) is 93.9 Å². The summed E-state index contributed by atoms with van der Waals surface area (Å²) < 4.78 is 13.8. The molecule has 11 heteroatoms. The van der Waals surface area contributed by atoms with Crippen molar-refractivity contribution in [3.05, 3.63) is 101 Å². The Hall–Kier alpha value is -4.95. The van der Waals surface area contributed by atoms with Gasteiger partial charge in [-0.05, 0) is 49.5 Å². The molecule has 2 fully saturated rings. The molecule has 11 nitrogen and oxygen atoms in total. The largest absolute Gasteiger partial charge is 0.461 e. The summed E-state index contributed by atoms with van der Waals surface area (Å²) in [6.07, 6.45) is 6.73. The second kappa shape index (κ2) is 12.6. The summed E-state index contributed by atoms with van der Waals surface area (Å²) in [6, 6.07) is 18.2. The Morgan fingerprint density at radius 3 is 2.73 bits per heavy atom. The van der Waals surface area contributed by atoms with Crippen LogP contribution in [0.5, 0.6) is 6.01 Å². The molecule has 45 heavy (non-hydrogen) atoms. The van der Waals surface area contributed by atoms with Crippen molar-refractivity contribution < 1.29 is 14.3 Å². The zero-order valence-electron chi connectivity index (χ0n) is 25.4. The van der Waals surface area contributed by atoms with Crippen LogP contribution in [-0.2, 0) is 17.8 Å². The van der Waals surface area contributed by atoms with Gasteiger partial charge in [0.25, 0.3) is 0 Å². The van der Waals surface area contributed by atoms with Gasteiger partial charge in [-0.1, -0.05) is 60.7 Å². The molecule has 230 valence electrons. The van der Waals surface area contributed by atoms with Crippen molar-refractivity contribution in [1.82, 2.24) is 29.4 Å². The number of carbonyl (C=O) groups excluding carboxylic acids is 1. The van der Waals surface area contributed by atoms with Gasteiger partial charge in [-0.3, -0.25) is 4.90 Å². The molecule has 0 N–H and O–H groups in total. The molecular weight excluding hydrogens is 568 g/mol. The number of fused-ring (bicyclic) bond motifs is 2. The molecule has 4 aromatic rings. The number of allylic oxidation sites excluding steroid dienone is 1. The Labute approximate surface area is 262 Å². The number of ether oxygens (including phenoxy) is 2. The molecule has 2 aromatic heterocycles. The Morgan fingerprint density at radius 1 is 1.07 bits per heavy atom. The lowest BCUT2D eigenvalue weighted by Gasteiger charge is -2.39. The van der Waals surface area contributed by atoms with Crippen LogP contribution in [0.1, 0.15) is 35.2 Å². The lowest BCUT2D eigenvalue weighted by atomic mass is 10.0. The normalized spacial score (nSPS) is 19.8. The third-order valence-corrected chi connectivity index (χ3v) is 9.03. The first kappa shape index (κ1) is 28.8. The van der Waals surface area contributed by atoms with Crippen molar-refractivity contribution in [3.8, 4) is 6.01 Å². The van der Waals surface area contributed by atoms with Crippen molar-refractivity contribution in [3.63, 3.8) is 0 Å². The Kier molecular flexibility index (Phi) is 8.05. The molecule has 0 radical (unpaired) electrons. The molecule has 3 aliphatic rings. The van der Waals surface area contributed by atoms with E-state index in [9.17, 15) is 4.79 Å². The first-order valence-corrected chi connectivity index (χ1v) is 15.5. The molecule has 1 amide bonds. The van der Waals surface area contributed by atoms with Gasteiger partial charge in [-0.2, -0.15) is 4.98 Å². The third-order valence-electron chi connectivity index (χ3n) is 9.03. The summed E-state index contributed by atoms with van der Waals surface area (Å²) in [5, 5.41) is 4.85. The fourth-order valence-corrected chi connectivity index (χ4v) is 6.54. The Morgan fingerprint density at radius 2 is 1.91 bits per heavy atom. The van der Waals surface area contributed by atoms with Crippen LogP contribution in [0, 0.1) is 6.57 Å². The van der Waals surface area contributed by atoms with Crippen LogP contribution < -0.4 is 9.64 Å². The van der Waals surface area contributed by atoms with Crippen molar-refractivity contribution in [1.29, 1.82) is 0 Å². The highest BCUT2D eigenvalue weighted by Crippen LogP contribution is 2.34. The number of rotatable bonds is 8. The van der Waals surface area contributed by atoms with E-state index in [1.165, 1.54) is 11.1 Å². The monoisotopic (exact) mass is 604 g/mol. The standard InChI is InChI=1S/C34H36N8O3/c1-35-19-27-21-40(17-18-41(27)34(43)45-22-24-9-4-3-5-10-24)32-31-36-20-30(29-15-14-25-11-6-7-13-28(25)29)42(31)38-33(37-32)44-23-26-12-8-16-39(26)2/h3-7,9-11,13,15,20,26-27H,8,12,14,16-19,21-23H2,2H3/t26-,27-/m0/s1. The highest BCUT2D eigenvalue weighted by atomic mass is 16.6. The molecule has 2 aliphatic heterocycles. The number of hydrogen-bond donors (Lipinski definition) is 0. The number of anilines is 1. The van der Waals surface area contributed by atoms with E-state index in [4.69, 9.17) is 31.1 Å². The molecule has 0 spiro atoms. The number of imidazole rings is 1. The molecule has 0 saturated carbocycles. The summed E-state index contributed by atoms with van der Waals surface area (Å²) in [5.74, 6) is 0.630. The molecule has 0 unspecified atom stereocenters. The van der Waals surface area contributed by atoms with E-state index in [0.29, 0.717) is 43.7 Å². The van der Waals surface area contributed by atoms with Crippen molar-refractivity contribution in [2.75, 3.05) is 51.3 Å². The molecule has 2 aromatic carbocycles. The van der Waals surface area contributed by atoms with Gasteiger partial charge in [0.2, 0.25) is 6.54 Å². The number of aromatic nitrogens is 4. The van der Waals surface area contributed by atoms with Gasteiger partial charge in [0, 0.05) is 31.2 Å². The summed E-state index contributed by atoms with van der Waals surface area (Å²) in [7, 11) is 2.12. The molecular formula is C34H36N8O3. The van der Waals surface area contributed by atoms with Crippen molar-refractivity contribution >= 4 is 23.1 Å². The molecule has 1 aliphatic carbocycles. The number of benzene rings is 2. The van der Waals surface area contributed by atoms with Gasteiger partial charge in [-0.25, -0.2) is 20.9 Å². The number of carbonyl (C=O) groups is 1. The van der Waals surface area contributed by atoms with E-state index < -0.39 is 6.09 Å². The van der Waals surface area contributed by atoms with Crippen molar-refractivity contribution in [2.24, 2.45) is 0 Å². The number of nitrogens with zero attached hydrogens (tertiary/aromatic N) is 8. The number of piperazine rings is 1. The van der Waals surface area contributed by atoms with Crippen LogP contribution in [0.15, 0.2) is 66.9 Å². The second-order valence-corrected chi connectivity index (χ2v) is 11.8. The fraction of sp³-hybridized carbons (Fsp3) is 0.382. The fourth-order valence-electron chi connectivity index (χ4n) is 6.54. The van der Waals surface area contributed by atoms with E-state index >= 15 is 0 Å².